The van der Waals surface area contributed by atoms with Crippen molar-refractivity contribution in [1.29, 1.82) is 0 Å². The molecule has 4 amide bonds. The van der Waals surface area contributed by atoms with Gasteiger partial charge in [0.2, 0.25) is 0 Å². The normalized spacial score (nSPS) is 15.4. The number of carbonyl (C=O) groups excluding carboxylic acids is 4. The number of carbonyl (C=O) groups is 4. The lowest BCUT2D eigenvalue weighted by Crippen LogP contribution is -2.47. The lowest BCUT2D eigenvalue weighted by molar-refractivity contribution is -0.135. The molecule has 16 heteroatoms. The van der Waals surface area contributed by atoms with E-state index in [2.05, 4.69) is 20.8 Å². The molecule has 0 bridgehead atoms. The molecule has 4 aromatic rings. The number of thioether (sulfide) groups is 2. The maximum absolute atomic E-state index is 12.6. The number of rotatable bonds is 15. The molecule has 4 aromatic carbocycles. The molecule has 2 aliphatic heterocycles. The molecule has 2 heterocycles. The quantitative estimate of drug-likeness (QED) is 0.171. The Morgan fingerprint density at radius 2 is 0.926 bits per heavy atom. The molecule has 0 spiro atoms. The lowest BCUT2D eigenvalue weighted by Gasteiger charge is -2.17. The van der Waals surface area contributed by atoms with Gasteiger partial charge in [-0.25, -0.2) is 9.98 Å². The van der Waals surface area contributed by atoms with Crippen LogP contribution in [0.5, 0.6) is 23.0 Å². The largest absolute Gasteiger partial charge is 0.497 e. The zero-order valence-electron chi connectivity index (χ0n) is 29.4. The zero-order valence-corrected chi connectivity index (χ0v) is 31.0. The van der Waals surface area contributed by atoms with E-state index in [1.807, 2.05) is 24.3 Å². The molecular weight excluding hydrogens is 733 g/mol. The zero-order chi connectivity index (χ0) is 37.9. The number of methoxy groups -OCH3 is 2. The van der Waals surface area contributed by atoms with Crippen LogP contribution in [-0.2, 0) is 32.0 Å². The summed E-state index contributed by atoms with van der Waals surface area (Å²) in [7, 11) is 3.15. The third-order valence-corrected chi connectivity index (χ3v) is 9.73. The molecule has 54 heavy (non-hydrogen) atoms. The predicted molar refractivity (Wildman–Crippen MR) is 206 cm³/mol. The third-order valence-electron chi connectivity index (χ3n) is 7.89. The number of aryl methyl sites for hydroxylation is 2. The Morgan fingerprint density at radius 1 is 0.574 bits per heavy atom. The van der Waals surface area contributed by atoms with Crippen LogP contribution in [0.1, 0.15) is 11.1 Å². The number of amidine groups is 2. The Bertz CT molecular complexity index is 1880. The van der Waals surface area contributed by atoms with Crippen molar-refractivity contribution in [1.82, 2.24) is 20.9 Å². The van der Waals surface area contributed by atoms with E-state index in [1.165, 1.54) is 23.5 Å². The molecule has 2 N–H and O–H groups in total. The Morgan fingerprint density at radius 3 is 1.28 bits per heavy atom. The molecule has 0 aliphatic carbocycles. The first-order valence-corrected chi connectivity index (χ1v) is 18.6. The van der Waals surface area contributed by atoms with E-state index >= 15 is 0 Å². The molecule has 2 saturated heterocycles. The maximum atomic E-state index is 12.6. The number of hydrogen-bond donors (Lipinski definition) is 2. The highest BCUT2D eigenvalue weighted by Gasteiger charge is 2.31. The van der Waals surface area contributed by atoms with Gasteiger partial charge in [-0.2, -0.15) is 10.0 Å². The van der Waals surface area contributed by atoms with E-state index in [0.717, 1.165) is 34.0 Å². The summed E-state index contributed by atoms with van der Waals surface area (Å²) in [5.74, 6) is 1.20. The third kappa shape index (κ3) is 10.3. The summed E-state index contributed by atoms with van der Waals surface area (Å²) in [4.78, 5) is 59.0. The summed E-state index contributed by atoms with van der Waals surface area (Å²) in [5, 5.41) is 3.03. The van der Waals surface area contributed by atoms with Crippen molar-refractivity contribution in [3.05, 3.63) is 108 Å². The molecule has 0 radical (unpaired) electrons. The predicted octanol–water partition coefficient (Wildman–Crippen LogP) is 4.84. The highest BCUT2D eigenvalue weighted by molar-refractivity contribution is 8.15. The second-order valence-electron chi connectivity index (χ2n) is 11.7. The minimum atomic E-state index is -0.490. The monoisotopic (exact) mass is 768 g/mol. The molecule has 2 fully saturated rings. The van der Waals surface area contributed by atoms with Gasteiger partial charge in [0.1, 0.15) is 23.0 Å². The molecule has 0 atom stereocenters. The van der Waals surface area contributed by atoms with Crippen molar-refractivity contribution < 1.29 is 38.1 Å². The van der Waals surface area contributed by atoms with Gasteiger partial charge >= 0.3 is 0 Å². The van der Waals surface area contributed by atoms with Crippen LogP contribution in [0.2, 0.25) is 0 Å². The average molecular weight is 769 g/mol. The fourth-order valence-corrected chi connectivity index (χ4v) is 6.70. The molecule has 0 unspecified atom stereocenters. The number of benzene rings is 4. The number of aliphatic imine (C=N–C) groups is 2. The van der Waals surface area contributed by atoms with Crippen molar-refractivity contribution in [2.45, 2.75) is 12.8 Å². The Hall–Kier alpha value is -6.00. The summed E-state index contributed by atoms with van der Waals surface area (Å²) in [6.45, 7) is -0.565. The molecule has 278 valence electrons. The topological polar surface area (TPSA) is 160 Å². The highest BCUT2D eigenvalue weighted by Crippen LogP contribution is 2.26. The van der Waals surface area contributed by atoms with Crippen LogP contribution in [0.25, 0.3) is 0 Å². The number of ether oxygens (including phenoxy) is 4. The standard InChI is InChI=1S/C38H36N6O8S2/c1-49-29-17-9-27(10-18-29)39-37-43(35(47)23-53-37)41-33(45)21-51-31-13-5-25(6-14-31)3-4-26-7-15-32(16-8-26)52-22-34(46)42-44-36(48)24-54-38(44)40-28-11-19-30(50-2)20-12-28/h5-20H,3-4,21-24H2,1-2H3,(H,41,45)(H,42,46). The minimum Gasteiger partial charge on any atom is -0.497 e. The molecule has 14 nitrogen and oxygen atoms in total. The number of hydrogen-bond acceptors (Lipinski definition) is 12. The van der Waals surface area contributed by atoms with Gasteiger partial charge in [0.15, 0.2) is 23.5 Å². The van der Waals surface area contributed by atoms with Crippen LogP contribution >= 0.6 is 23.5 Å². The average Bonchev–Trinajstić information content (AvgIpc) is 3.72. The van der Waals surface area contributed by atoms with Gasteiger partial charge in [-0.3, -0.25) is 30.0 Å². The number of nitrogens with zero attached hydrogens (tertiary/aromatic N) is 4. The highest BCUT2D eigenvalue weighted by atomic mass is 32.2. The van der Waals surface area contributed by atoms with E-state index < -0.39 is 11.8 Å². The maximum Gasteiger partial charge on any atom is 0.276 e. The summed E-state index contributed by atoms with van der Waals surface area (Å²) in [6.07, 6.45) is 1.52. The fraction of sp³-hybridized carbons (Fsp3) is 0.211. The van der Waals surface area contributed by atoms with Crippen LogP contribution in [0.4, 0.5) is 11.4 Å². The van der Waals surface area contributed by atoms with E-state index in [-0.39, 0.29) is 36.5 Å². The summed E-state index contributed by atoms with van der Waals surface area (Å²) in [5.41, 5.74) is 8.55. The van der Waals surface area contributed by atoms with Crippen LogP contribution in [0, 0.1) is 0 Å². The van der Waals surface area contributed by atoms with E-state index in [1.54, 1.807) is 87.0 Å². The second kappa shape index (κ2) is 18.2. The molecular formula is C38H36N6O8S2. The van der Waals surface area contributed by atoms with E-state index in [0.29, 0.717) is 44.7 Å². The SMILES string of the molecule is COc1ccc(N=C2SCC(=O)N2NC(=O)COc2ccc(CCc3ccc(OCC(=O)NN4C(=O)CSC4=Nc4ccc(OC)cc4)cc3)cc2)cc1. The summed E-state index contributed by atoms with van der Waals surface area (Å²) >= 11 is 2.47. The van der Waals surface area contributed by atoms with Gasteiger partial charge in [-0.1, -0.05) is 47.8 Å². The first-order valence-electron chi connectivity index (χ1n) is 16.7. The summed E-state index contributed by atoms with van der Waals surface area (Å²) < 4.78 is 21.6. The molecule has 2 aliphatic rings. The second-order valence-corrected chi connectivity index (χ2v) is 13.5. The lowest BCUT2D eigenvalue weighted by atomic mass is 10.0. The van der Waals surface area contributed by atoms with Crippen LogP contribution in [0.15, 0.2) is 107 Å². The first-order chi connectivity index (χ1) is 26.3. The van der Waals surface area contributed by atoms with Gasteiger partial charge in [-0.15, -0.1) is 0 Å². The first kappa shape index (κ1) is 37.7. The van der Waals surface area contributed by atoms with E-state index in [9.17, 15) is 19.2 Å². The minimum absolute atomic E-state index is 0.168. The number of nitrogens with one attached hydrogen (secondary N) is 2. The van der Waals surface area contributed by atoms with Gasteiger partial charge in [0.05, 0.1) is 37.1 Å². The van der Waals surface area contributed by atoms with Crippen molar-refractivity contribution in [3.63, 3.8) is 0 Å². The van der Waals surface area contributed by atoms with Gasteiger partial charge < -0.3 is 18.9 Å². The Labute approximate surface area is 319 Å². The van der Waals surface area contributed by atoms with Crippen LogP contribution < -0.4 is 29.8 Å². The number of hydrazine groups is 2. The van der Waals surface area contributed by atoms with Crippen LogP contribution in [-0.4, -0.2) is 82.9 Å². The van der Waals surface area contributed by atoms with Crippen molar-refractivity contribution in [3.8, 4) is 23.0 Å². The van der Waals surface area contributed by atoms with E-state index in [4.69, 9.17) is 18.9 Å². The fourth-order valence-electron chi connectivity index (χ4n) is 5.05. The smallest absolute Gasteiger partial charge is 0.276 e. The van der Waals surface area contributed by atoms with Gasteiger partial charge in [0.25, 0.3) is 23.6 Å². The van der Waals surface area contributed by atoms with Crippen molar-refractivity contribution in [2.24, 2.45) is 9.98 Å². The van der Waals surface area contributed by atoms with Gasteiger partial charge in [-0.05, 0) is 96.8 Å². The number of amides is 4. The Kier molecular flexibility index (Phi) is 12.7. The van der Waals surface area contributed by atoms with Crippen molar-refractivity contribution >= 4 is 68.9 Å². The molecule has 0 aromatic heterocycles. The molecule has 6 rings (SSSR count). The summed E-state index contributed by atoms with van der Waals surface area (Å²) in [6, 6.07) is 29.0. The van der Waals surface area contributed by atoms with Crippen LogP contribution in [0.3, 0.4) is 0 Å². The molecule has 0 saturated carbocycles. The van der Waals surface area contributed by atoms with Crippen molar-refractivity contribution in [2.75, 3.05) is 38.9 Å². The Balaban J connectivity index is 0.913. The van der Waals surface area contributed by atoms with Gasteiger partial charge in [0, 0.05) is 0 Å².